The predicted molar refractivity (Wildman–Crippen MR) is 84.7 cm³/mol. The fourth-order valence-electron chi connectivity index (χ4n) is 2.98. The Morgan fingerprint density at radius 3 is 3.00 bits per heavy atom. The molecule has 2 N–H and O–H groups in total. The SMILES string of the molecule is Cl.O=C(NCCC1CCCNC1)c1ccc2c(c1)COC2. The minimum Gasteiger partial charge on any atom is -0.372 e. The summed E-state index contributed by atoms with van der Waals surface area (Å²) in [4.78, 5) is 12.1. The highest BCUT2D eigenvalue weighted by molar-refractivity contribution is 5.94. The summed E-state index contributed by atoms with van der Waals surface area (Å²) in [6, 6.07) is 5.85. The van der Waals surface area contributed by atoms with Crippen LogP contribution in [-0.4, -0.2) is 25.5 Å². The first-order valence-corrected chi connectivity index (χ1v) is 7.51. The maximum atomic E-state index is 12.1. The average Bonchev–Trinajstić information content (AvgIpc) is 2.95. The number of nitrogens with one attached hydrogen (secondary N) is 2. The van der Waals surface area contributed by atoms with E-state index in [1.165, 1.54) is 18.4 Å². The summed E-state index contributed by atoms with van der Waals surface area (Å²) in [6.07, 6.45) is 3.59. The number of carbonyl (C=O) groups excluding carboxylic acids is 1. The van der Waals surface area contributed by atoms with Gasteiger partial charge in [-0.1, -0.05) is 6.07 Å². The highest BCUT2D eigenvalue weighted by Gasteiger charge is 2.15. The first kappa shape index (κ1) is 16.3. The highest BCUT2D eigenvalue weighted by Crippen LogP contribution is 2.20. The second-order valence-electron chi connectivity index (χ2n) is 5.73. The predicted octanol–water partition coefficient (Wildman–Crippen LogP) is 2.26. The van der Waals surface area contributed by atoms with Gasteiger partial charge in [0.1, 0.15) is 0 Å². The normalized spacial score (nSPS) is 20.5. The van der Waals surface area contributed by atoms with E-state index in [9.17, 15) is 4.79 Å². The molecule has 1 aromatic rings. The Labute approximate surface area is 132 Å². The van der Waals surface area contributed by atoms with Crippen molar-refractivity contribution in [3.05, 3.63) is 34.9 Å². The van der Waals surface area contributed by atoms with Gasteiger partial charge in [-0.3, -0.25) is 4.79 Å². The zero-order valence-electron chi connectivity index (χ0n) is 12.2. The summed E-state index contributed by atoms with van der Waals surface area (Å²) in [7, 11) is 0. The van der Waals surface area contributed by atoms with Gasteiger partial charge in [0.15, 0.2) is 0 Å². The number of benzene rings is 1. The molecule has 0 radical (unpaired) electrons. The summed E-state index contributed by atoms with van der Waals surface area (Å²) in [5.41, 5.74) is 3.10. The van der Waals surface area contributed by atoms with E-state index in [-0.39, 0.29) is 18.3 Å². The second-order valence-corrected chi connectivity index (χ2v) is 5.73. The van der Waals surface area contributed by atoms with Crippen molar-refractivity contribution >= 4 is 18.3 Å². The molecule has 1 unspecified atom stereocenters. The van der Waals surface area contributed by atoms with Crippen LogP contribution in [0, 0.1) is 5.92 Å². The topological polar surface area (TPSA) is 50.4 Å². The number of hydrogen-bond acceptors (Lipinski definition) is 3. The quantitative estimate of drug-likeness (QED) is 0.897. The van der Waals surface area contributed by atoms with Crippen LogP contribution in [-0.2, 0) is 18.0 Å². The average molecular weight is 311 g/mol. The molecule has 0 saturated carbocycles. The minimum absolute atomic E-state index is 0. The number of halogens is 1. The van der Waals surface area contributed by atoms with Crippen molar-refractivity contribution < 1.29 is 9.53 Å². The first-order chi connectivity index (χ1) is 9.83. The van der Waals surface area contributed by atoms with Crippen molar-refractivity contribution in [2.45, 2.75) is 32.5 Å². The van der Waals surface area contributed by atoms with E-state index in [0.29, 0.717) is 19.1 Å². The van der Waals surface area contributed by atoms with Gasteiger partial charge >= 0.3 is 0 Å². The zero-order chi connectivity index (χ0) is 13.8. The van der Waals surface area contributed by atoms with E-state index in [4.69, 9.17) is 4.74 Å². The molecule has 0 bridgehead atoms. The van der Waals surface area contributed by atoms with Crippen LogP contribution in [0.4, 0.5) is 0 Å². The largest absolute Gasteiger partial charge is 0.372 e. The van der Waals surface area contributed by atoms with Crippen LogP contribution in [0.1, 0.15) is 40.7 Å². The number of ether oxygens (including phenoxy) is 1. The molecular formula is C16H23ClN2O2. The number of carbonyl (C=O) groups is 1. The van der Waals surface area contributed by atoms with Gasteiger partial charge in [-0.2, -0.15) is 0 Å². The first-order valence-electron chi connectivity index (χ1n) is 7.51. The van der Waals surface area contributed by atoms with Crippen LogP contribution in [0.15, 0.2) is 18.2 Å². The summed E-state index contributed by atoms with van der Waals surface area (Å²) >= 11 is 0. The second kappa shape index (κ2) is 7.78. The molecule has 5 heteroatoms. The van der Waals surface area contributed by atoms with Crippen molar-refractivity contribution in [3.63, 3.8) is 0 Å². The minimum atomic E-state index is 0. The Bertz CT molecular complexity index is 487. The third-order valence-corrected chi connectivity index (χ3v) is 4.22. The third-order valence-electron chi connectivity index (χ3n) is 4.22. The van der Waals surface area contributed by atoms with E-state index in [1.807, 2.05) is 18.2 Å². The number of amides is 1. The van der Waals surface area contributed by atoms with Gasteiger partial charge in [-0.25, -0.2) is 0 Å². The maximum absolute atomic E-state index is 12.1. The van der Waals surface area contributed by atoms with Crippen molar-refractivity contribution in [1.82, 2.24) is 10.6 Å². The Morgan fingerprint density at radius 1 is 1.33 bits per heavy atom. The lowest BCUT2D eigenvalue weighted by atomic mass is 9.96. The molecule has 3 rings (SSSR count). The van der Waals surface area contributed by atoms with Gasteiger partial charge in [0.2, 0.25) is 0 Å². The molecule has 1 fully saturated rings. The van der Waals surface area contributed by atoms with Gasteiger partial charge in [0.25, 0.3) is 5.91 Å². The van der Waals surface area contributed by atoms with Gasteiger partial charge in [-0.05, 0) is 61.5 Å². The molecular weight excluding hydrogens is 288 g/mol. The van der Waals surface area contributed by atoms with E-state index in [2.05, 4.69) is 10.6 Å². The molecule has 0 aromatic heterocycles. The van der Waals surface area contributed by atoms with Crippen molar-refractivity contribution in [2.24, 2.45) is 5.92 Å². The Balaban J connectivity index is 0.00000161. The Kier molecular flexibility index (Phi) is 6.03. The van der Waals surface area contributed by atoms with Crippen LogP contribution < -0.4 is 10.6 Å². The fourth-order valence-corrected chi connectivity index (χ4v) is 2.98. The fraction of sp³-hybridized carbons (Fsp3) is 0.562. The number of piperidine rings is 1. The van der Waals surface area contributed by atoms with Gasteiger partial charge < -0.3 is 15.4 Å². The van der Waals surface area contributed by atoms with Crippen molar-refractivity contribution in [2.75, 3.05) is 19.6 Å². The Morgan fingerprint density at radius 2 is 2.19 bits per heavy atom. The molecule has 0 aliphatic carbocycles. The van der Waals surface area contributed by atoms with E-state index in [0.717, 1.165) is 37.2 Å². The van der Waals surface area contributed by atoms with Crippen LogP contribution in [0.2, 0.25) is 0 Å². The smallest absolute Gasteiger partial charge is 0.251 e. The van der Waals surface area contributed by atoms with E-state index < -0.39 is 0 Å². The molecule has 2 heterocycles. The van der Waals surface area contributed by atoms with Gasteiger partial charge in [0.05, 0.1) is 13.2 Å². The lowest BCUT2D eigenvalue weighted by Gasteiger charge is -2.22. The molecule has 1 saturated heterocycles. The molecule has 0 spiro atoms. The molecule has 116 valence electrons. The lowest BCUT2D eigenvalue weighted by molar-refractivity contribution is 0.0950. The van der Waals surface area contributed by atoms with Crippen LogP contribution in [0.25, 0.3) is 0 Å². The third kappa shape index (κ3) is 4.19. The molecule has 2 aliphatic rings. The number of hydrogen-bond donors (Lipinski definition) is 2. The van der Waals surface area contributed by atoms with Crippen LogP contribution in [0.5, 0.6) is 0 Å². The standard InChI is InChI=1S/C16H22N2O2.ClH/c19-16(18-7-5-12-2-1-6-17-9-12)13-3-4-14-10-20-11-15(14)8-13;/h3-4,8,12,17H,1-2,5-7,9-11H2,(H,18,19);1H. The summed E-state index contributed by atoms with van der Waals surface area (Å²) in [6.45, 7) is 4.29. The molecule has 1 amide bonds. The lowest BCUT2D eigenvalue weighted by Crippen LogP contribution is -2.33. The molecule has 21 heavy (non-hydrogen) atoms. The number of rotatable bonds is 4. The highest BCUT2D eigenvalue weighted by atomic mass is 35.5. The molecule has 4 nitrogen and oxygen atoms in total. The summed E-state index contributed by atoms with van der Waals surface area (Å²) in [5, 5.41) is 6.44. The van der Waals surface area contributed by atoms with Gasteiger partial charge in [0, 0.05) is 12.1 Å². The van der Waals surface area contributed by atoms with E-state index >= 15 is 0 Å². The van der Waals surface area contributed by atoms with Crippen LogP contribution in [0.3, 0.4) is 0 Å². The molecule has 1 aromatic carbocycles. The van der Waals surface area contributed by atoms with E-state index in [1.54, 1.807) is 0 Å². The van der Waals surface area contributed by atoms with Crippen LogP contribution >= 0.6 is 12.4 Å². The molecule has 1 atom stereocenters. The van der Waals surface area contributed by atoms with Gasteiger partial charge in [-0.15, -0.1) is 12.4 Å². The monoisotopic (exact) mass is 310 g/mol. The molecule has 2 aliphatic heterocycles. The van der Waals surface area contributed by atoms with Crippen molar-refractivity contribution in [3.8, 4) is 0 Å². The summed E-state index contributed by atoms with van der Waals surface area (Å²) < 4.78 is 5.37. The number of fused-ring (bicyclic) bond motifs is 1. The Hall–Kier alpha value is -1.10. The summed E-state index contributed by atoms with van der Waals surface area (Å²) in [5.74, 6) is 0.737. The zero-order valence-corrected chi connectivity index (χ0v) is 13.0. The van der Waals surface area contributed by atoms with Crippen molar-refractivity contribution in [1.29, 1.82) is 0 Å². The maximum Gasteiger partial charge on any atom is 0.251 e.